The minimum absolute atomic E-state index is 0.0576. The average molecular weight is 228 g/mol. The number of alkyl carbamates (subject to hydrolysis) is 1. The Hall–Kier alpha value is -1.26. The molecule has 2 amide bonds. The summed E-state index contributed by atoms with van der Waals surface area (Å²) in [5, 5.41) is 5.44. The van der Waals surface area contributed by atoms with Gasteiger partial charge in [0.1, 0.15) is 5.60 Å². The Morgan fingerprint density at radius 1 is 1.56 bits per heavy atom. The number of hydrogen-bond donors (Lipinski definition) is 2. The zero-order chi connectivity index (χ0) is 12.2. The van der Waals surface area contributed by atoms with E-state index in [9.17, 15) is 9.59 Å². The molecule has 1 aliphatic heterocycles. The molecule has 0 radical (unpaired) electrons. The maximum atomic E-state index is 11.3. The van der Waals surface area contributed by atoms with E-state index < -0.39 is 11.7 Å². The Morgan fingerprint density at radius 3 is 2.81 bits per heavy atom. The van der Waals surface area contributed by atoms with Crippen LogP contribution in [-0.4, -0.2) is 30.7 Å². The molecular formula is C11H20N2O3. The number of nitrogens with one attached hydrogen (secondary N) is 2. The predicted molar refractivity (Wildman–Crippen MR) is 60.0 cm³/mol. The second kappa shape index (κ2) is 5.18. The summed E-state index contributed by atoms with van der Waals surface area (Å²) in [6, 6.07) is 0. The molecule has 1 saturated heterocycles. The van der Waals surface area contributed by atoms with Crippen molar-refractivity contribution in [2.45, 2.75) is 39.2 Å². The molecule has 5 heteroatoms. The molecule has 2 N–H and O–H groups in total. The van der Waals surface area contributed by atoms with Crippen LogP contribution in [0.4, 0.5) is 4.79 Å². The van der Waals surface area contributed by atoms with Gasteiger partial charge in [-0.3, -0.25) is 4.79 Å². The third kappa shape index (κ3) is 5.00. The van der Waals surface area contributed by atoms with E-state index in [2.05, 4.69) is 10.6 Å². The molecule has 0 aliphatic carbocycles. The van der Waals surface area contributed by atoms with Crippen molar-refractivity contribution in [3.63, 3.8) is 0 Å². The third-order valence-electron chi connectivity index (χ3n) is 2.28. The topological polar surface area (TPSA) is 67.4 Å². The Balaban J connectivity index is 2.23. The van der Waals surface area contributed by atoms with Gasteiger partial charge in [0.15, 0.2) is 0 Å². The number of amides is 2. The zero-order valence-electron chi connectivity index (χ0n) is 10.1. The molecular weight excluding hydrogens is 208 g/mol. The van der Waals surface area contributed by atoms with Crippen molar-refractivity contribution >= 4 is 12.0 Å². The lowest BCUT2D eigenvalue weighted by molar-refractivity contribution is -0.123. The molecule has 0 bridgehead atoms. The van der Waals surface area contributed by atoms with Crippen LogP contribution >= 0.6 is 0 Å². The van der Waals surface area contributed by atoms with E-state index in [0.717, 1.165) is 6.42 Å². The van der Waals surface area contributed by atoms with E-state index in [-0.39, 0.29) is 11.8 Å². The molecule has 0 aromatic rings. The maximum absolute atomic E-state index is 11.3. The fourth-order valence-corrected chi connectivity index (χ4v) is 1.57. The molecule has 92 valence electrons. The van der Waals surface area contributed by atoms with Crippen LogP contribution in [0.25, 0.3) is 0 Å². The summed E-state index contributed by atoms with van der Waals surface area (Å²) in [6.45, 7) is 6.66. The standard InChI is InChI=1S/C11H20N2O3/c1-11(2,3)16-10(15)13-7-8-4-5-12-9(14)6-8/h8H,4-7H2,1-3H3,(H,12,14)(H,13,15)/t8-/m0/s1. The SMILES string of the molecule is CC(C)(C)OC(=O)NC[C@H]1CCNC(=O)C1. The highest BCUT2D eigenvalue weighted by Gasteiger charge is 2.21. The van der Waals surface area contributed by atoms with E-state index in [1.807, 2.05) is 20.8 Å². The molecule has 1 heterocycles. The first-order valence-corrected chi connectivity index (χ1v) is 5.60. The van der Waals surface area contributed by atoms with Crippen molar-refractivity contribution in [2.75, 3.05) is 13.1 Å². The van der Waals surface area contributed by atoms with Gasteiger partial charge in [-0.15, -0.1) is 0 Å². The van der Waals surface area contributed by atoms with E-state index in [1.54, 1.807) is 0 Å². The number of carbonyl (C=O) groups is 2. The number of piperidine rings is 1. The van der Waals surface area contributed by atoms with Gasteiger partial charge >= 0.3 is 6.09 Å². The molecule has 0 unspecified atom stereocenters. The summed E-state index contributed by atoms with van der Waals surface area (Å²) in [5.41, 5.74) is -0.478. The molecule has 0 aromatic heterocycles. The van der Waals surface area contributed by atoms with Crippen molar-refractivity contribution in [3.05, 3.63) is 0 Å². The molecule has 1 atom stereocenters. The van der Waals surface area contributed by atoms with Crippen molar-refractivity contribution in [3.8, 4) is 0 Å². The van der Waals surface area contributed by atoms with Crippen LogP contribution in [0.3, 0.4) is 0 Å². The van der Waals surface area contributed by atoms with Gasteiger partial charge in [-0.05, 0) is 33.1 Å². The highest BCUT2D eigenvalue weighted by Crippen LogP contribution is 2.12. The predicted octanol–water partition coefficient (Wildman–Crippen LogP) is 1.04. The molecule has 1 rings (SSSR count). The molecule has 16 heavy (non-hydrogen) atoms. The average Bonchev–Trinajstić information content (AvgIpc) is 2.12. The summed E-state index contributed by atoms with van der Waals surface area (Å²) in [7, 11) is 0. The molecule has 0 saturated carbocycles. The largest absolute Gasteiger partial charge is 0.444 e. The minimum Gasteiger partial charge on any atom is -0.444 e. The first kappa shape index (κ1) is 12.8. The quantitative estimate of drug-likeness (QED) is 0.742. The van der Waals surface area contributed by atoms with E-state index >= 15 is 0 Å². The van der Waals surface area contributed by atoms with Gasteiger partial charge in [-0.25, -0.2) is 4.79 Å². The monoisotopic (exact) mass is 228 g/mol. The lowest BCUT2D eigenvalue weighted by Crippen LogP contribution is -2.40. The lowest BCUT2D eigenvalue weighted by atomic mass is 9.98. The van der Waals surface area contributed by atoms with Crippen molar-refractivity contribution in [2.24, 2.45) is 5.92 Å². The van der Waals surface area contributed by atoms with Crippen molar-refractivity contribution in [1.82, 2.24) is 10.6 Å². The zero-order valence-corrected chi connectivity index (χ0v) is 10.1. The fourth-order valence-electron chi connectivity index (χ4n) is 1.57. The van der Waals surface area contributed by atoms with Gasteiger partial charge < -0.3 is 15.4 Å². The van der Waals surface area contributed by atoms with E-state index in [0.29, 0.717) is 19.5 Å². The molecule has 1 aliphatic rings. The first-order valence-electron chi connectivity index (χ1n) is 5.60. The molecule has 0 aromatic carbocycles. The highest BCUT2D eigenvalue weighted by molar-refractivity contribution is 5.77. The number of rotatable bonds is 2. The fraction of sp³-hybridized carbons (Fsp3) is 0.818. The van der Waals surface area contributed by atoms with Crippen LogP contribution in [0.15, 0.2) is 0 Å². The Kier molecular flexibility index (Phi) is 4.15. The lowest BCUT2D eigenvalue weighted by Gasteiger charge is -2.24. The van der Waals surface area contributed by atoms with Gasteiger partial charge in [-0.1, -0.05) is 0 Å². The van der Waals surface area contributed by atoms with Crippen LogP contribution in [0.1, 0.15) is 33.6 Å². The number of carbonyl (C=O) groups excluding carboxylic acids is 2. The number of hydrogen-bond acceptors (Lipinski definition) is 3. The summed E-state index contributed by atoms with van der Waals surface area (Å²) in [5.74, 6) is 0.281. The van der Waals surface area contributed by atoms with E-state index in [1.165, 1.54) is 0 Å². The second-order valence-electron chi connectivity index (χ2n) is 5.09. The summed E-state index contributed by atoms with van der Waals surface area (Å²) >= 11 is 0. The third-order valence-corrected chi connectivity index (χ3v) is 2.28. The van der Waals surface area contributed by atoms with Gasteiger partial charge in [-0.2, -0.15) is 0 Å². The Labute approximate surface area is 95.9 Å². The van der Waals surface area contributed by atoms with E-state index in [4.69, 9.17) is 4.74 Å². The second-order valence-corrected chi connectivity index (χ2v) is 5.09. The van der Waals surface area contributed by atoms with Crippen LogP contribution in [0, 0.1) is 5.92 Å². The molecule has 1 fully saturated rings. The Morgan fingerprint density at radius 2 is 2.25 bits per heavy atom. The van der Waals surface area contributed by atoms with Crippen LogP contribution in [-0.2, 0) is 9.53 Å². The highest BCUT2D eigenvalue weighted by atomic mass is 16.6. The van der Waals surface area contributed by atoms with Gasteiger partial charge in [0.2, 0.25) is 5.91 Å². The van der Waals surface area contributed by atoms with Gasteiger partial charge in [0.05, 0.1) is 0 Å². The summed E-state index contributed by atoms with van der Waals surface area (Å²) < 4.78 is 5.11. The number of ether oxygens (including phenoxy) is 1. The smallest absolute Gasteiger partial charge is 0.407 e. The van der Waals surface area contributed by atoms with Crippen molar-refractivity contribution in [1.29, 1.82) is 0 Å². The molecule has 5 nitrogen and oxygen atoms in total. The normalized spacial score (nSPS) is 21.2. The van der Waals surface area contributed by atoms with Crippen LogP contribution < -0.4 is 10.6 Å². The summed E-state index contributed by atoms with van der Waals surface area (Å²) in [6.07, 6.45) is 0.968. The minimum atomic E-state index is -0.478. The van der Waals surface area contributed by atoms with Gasteiger partial charge in [0.25, 0.3) is 0 Å². The van der Waals surface area contributed by atoms with Crippen molar-refractivity contribution < 1.29 is 14.3 Å². The first-order chi connectivity index (χ1) is 7.37. The Bertz CT molecular complexity index is 271. The molecule has 0 spiro atoms. The van der Waals surface area contributed by atoms with Gasteiger partial charge in [0, 0.05) is 19.5 Å². The van der Waals surface area contributed by atoms with Crippen LogP contribution in [0.2, 0.25) is 0 Å². The maximum Gasteiger partial charge on any atom is 0.407 e. The van der Waals surface area contributed by atoms with Crippen LogP contribution in [0.5, 0.6) is 0 Å². The summed E-state index contributed by atoms with van der Waals surface area (Å²) in [4.78, 5) is 22.4.